The van der Waals surface area contributed by atoms with Crippen molar-refractivity contribution in [3.05, 3.63) is 59.7 Å². The number of phenols is 2. The third kappa shape index (κ3) is 5.14. The van der Waals surface area contributed by atoms with Gasteiger partial charge in [0.05, 0.1) is 0 Å². The molecule has 0 aliphatic heterocycles. The Hall–Kier alpha value is -1.78. The van der Waals surface area contributed by atoms with Crippen molar-refractivity contribution in [3.8, 4) is 11.5 Å². The smallest absolute Gasteiger partial charge is 0.191 e. The summed E-state index contributed by atoms with van der Waals surface area (Å²) >= 11 is 0. The fourth-order valence-electron chi connectivity index (χ4n) is 3.08. The molecule has 0 spiro atoms. The van der Waals surface area contributed by atoms with Gasteiger partial charge in [-0.1, -0.05) is 52.0 Å². The lowest BCUT2D eigenvalue weighted by Crippen LogP contribution is -2.41. The van der Waals surface area contributed by atoms with E-state index < -0.39 is 8.32 Å². The lowest BCUT2D eigenvalue weighted by atomic mass is 9.73. The van der Waals surface area contributed by atoms with Crippen LogP contribution in [0.1, 0.15) is 51.7 Å². The van der Waals surface area contributed by atoms with Gasteiger partial charge in [-0.15, -0.1) is 0 Å². The molecule has 2 aromatic carbocycles. The first kappa shape index (κ1) is 21.5. The van der Waals surface area contributed by atoms with Gasteiger partial charge in [-0.05, 0) is 66.4 Å². The standard InChI is InChI=1S/C23H34O3Si/c1-22(2,3)27(5,6)26-17-7-16-23(4,18-8-12-20(24)13-9-18)19-10-14-21(25)15-11-19/h8-15,24-25H,7,16-17H2,1-6H3. The van der Waals surface area contributed by atoms with Crippen LogP contribution in [0.4, 0.5) is 0 Å². The zero-order valence-electron chi connectivity index (χ0n) is 17.5. The molecule has 27 heavy (non-hydrogen) atoms. The highest BCUT2D eigenvalue weighted by Gasteiger charge is 2.37. The van der Waals surface area contributed by atoms with Gasteiger partial charge in [0, 0.05) is 12.0 Å². The Labute approximate surface area is 165 Å². The van der Waals surface area contributed by atoms with Crippen LogP contribution in [0.5, 0.6) is 11.5 Å². The number of hydrogen-bond donors (Lipinski definition) is 2. The minimum absolute atomic E-state index is 0.210. The van der Waals surface area contributed by atoms with Crippen molar-refractivity contribution in [3.63, 3.8) is 0 Å². The molecule has 0 amide bonds. The normalized spacial score (nSPS) is 13.0. The van der Waals surface area contributed by atoms with Crippen molar-refractivity contribution in [2.24, 2.45) is 0 Å². The maximum absolute atomic E-state index is 9.66. The van der Waals surface area contributed by atoms with Crippen molar-refractivity contribution in [1.82, 2.24) is 0 Å². The van der Waals surface area contributed by atoms with E-state index in [2.05, 4.69) is 40.8 Å². The van der Waals surface area contributed by atoms with Crippen LogP contribution in [-0.4, -0.2) is 25.1 Å². The number of aromatic hydroxyl groups is 2. The van der Waals surface area contributed by atoms with Crippen LogP contribution in [0.25, 0.3) is 0 Å². The Morgan fingerprint density at radius 3 is 1.56 bits per heavy atom. The van der Waals surface area contributed by atoms with Crippen molar-refractivity contribution < 1.29 is 14.6 Å². The molecule has 0 aliphatic rings. The lowest BCUT2D eigenvalue weighted by Gasteiger charge is -2.37. The molecule has 0 saturated carbocycles. The van der Waals surface area contributed by atoms with Crippen LogP contribution in [0.3, 0.4) is 0 Å². The average Bonchev–Trinajstić information content (AvgIpc) is 2.58. The first-order valence-corrected chi connectivity index (χ1v) is 12.6. The molecule has 0 aromatic heterocycles. The molecule has 3 nitrogen and oxygen atoms in total. The van der Waals surface area contributed by atoms with Crippen LogP contribution in [0.2, 0.25) is 18.1 Å². The zero-order chi connectivity index (χ0) is 20.3. The molecular weight excluding hydrogens is 352 g/mol. The van der Waals surface area contributed by atoms with E-state index in [1.807, 2.05) is 24.3 Å². The van der Waals surface area contributed by atoms with Gasteiger partial charge in [-0.25, -0.2) is 0 Å². The van der Waals surface area contributed by atoms with E-state index in [1.54, 1.807) is 24.3 Å². The zero-order valence-corrected chi connectivity index (χ0v) is 18.5. The van der Waals surface area contributed by atoms with Crippen LogP contribution < -0.4 is 0 Å². The molecule has 0 saturated heterocycles. The minimum atomic E-state index is -1.74. The minimum Gasteiger partial charge on any atom is -0.508 e. The summed E-state index contributed by atoms with van der Waals surface area (Å²) in [6, 6.07) is 14.9. The SMILES string of the molecule is CC(CCCO[Si](C)(C)C(C)(C)C)(c1ccc(O)cc1)c1ccc(O)cc1. The fraction of sp³-hybridized carbons (Fsp3) is 0.478. The van der Waals surface area contributed by atoms with E-state index in [9.17, 15) is 10.2 Å². The number of rotatable bonds is 7. The van der Waals surface area contributed by atoms with Gasteiger partial charge < -0.3 is 14.6 Å². The Kier molecular flexibility index (Phi) is 6.43. The van der Waals surface area contributed by atoms with E-state index in [-0.39, 0.29) is 22.0 Å². The maximum atomic E-state index is 9.66. The quantitative estimate of drug-likeness (QED) is 0.439. The molecule has 0 aliphatic carbocycles. The lowest BCUT2D eigenvalue weighted by molar-refractivity contribution is 0.268. The Morgan fingerprint density at radius 1 is 0.778 bits per heavy atom. The van der Waals surface area contributed by atoms with E-state index in [1.165, 1.54) is 0 Å². The highest BCUT2D eigenvalue weighted by atomic mass is 28.4. The molecule has 0 unspecified atom stereocenters. The summed E-state index contributed by atoms with van der Waals surface area (Å²) < 4.78 is 6.36. The Balaban J connectivity index is 2.19. The molecule has 2 rings (SSSR count). The highest BCUT2D eigenvalue weighted by Crippen LogP contribution is 2.39. The summed E-state index contributed by atoms with van der Waals surface area (Å²) in [4.78, 5) is 0. The summed E-state index contributed by atoms with van der Waals surface area (Å²) in [5.74, 6) is 0.543. The molecule has 0 fully saturated rings. The van der Waals surface area contributed by atoms with Gasteiger partial charge in [0.2, 0.25) is 0 Å². The predicted molar refractivity (Wildman–Crippen MR) is 115 cm³/mol. The second kappa shape index (κ2) is 8.07. The largest absolute Gasteiger partial charge is 0.508 e. The molecule has 0 bridgehead atoms. The third-order valence-electron chi connectivity index (χ3n) is 6.10. The topological polar surface area (TPSA) is 49.7 Å². The van der Waals surface area contributed by atoms with Crippen LogP contribution >= 0.6 is 0 Å². The van der Waals surface area contributed by atoms with Gasteiger partial charge in [-0.2, -0.15) is 0 Å². The van der Waals surface area contributed by atoms with Crippen molar-refractivity contribution >= 4 is 8.32 Å². The first-order chi connectivity index (χ1) is 12.5. The number of benzene rings is 2. The second-order valence-electron chi connectivity index (χ2n) is 9.14. The molecule has 2 N–H and O–H groups in total. The Morgan fingerprint density at radius 2 is 1.19 bits per heavy atom. The fourth-order valence-corrected chi connectivity index (χ4v) is 4.17. The Bertz CT molecular complexity index is 682. The van der Waals surface area contributed by atoms with Crippen molar-refractivity contribution in [2.45, 2.75) is 64.1 Å². The maximum Gasteiger partial charge on any atom is 0.191 e. The van der Waals surface area contributed by atoms with Gasteiger partial charge in [0.25, 0.3) is 0 Å². The monoisotopic (exact) mass is 386 g/mol. The average molecular weight is 387 g/mol. The van der Waals surface area contributed by atoms with Crippen LogP contribution in [-0.2, 0) is 9.84 Å². The van der Waals surface area contributed by atoms with Gasteiger partial charge in [-0.3, -0.25) is 0 Å². The molecule has 4 heteroatoms. The van der Waals surface area contributed by atoms with Gasteiger partial charge in [0.15, 0.2) is 8.32 Å². The second-order valence-corrected chi connectivity index (χ2v) is 13.9. The van der Waals surface area contributed by atoms with Crippen molar-refractivity contribution in [2.75, 3.05) is 6.61 Å². The van der Waals surface area contributed by atoms with Crippen LogP contribution in [0.15, 0.2) is 48.5 Å². The third-order valence-corrected chi connectivity index (χ3v) is 10.6. The summed E-state index contributed by atoms with van der Waals surface area (Å²) in [6.45, 7) is 14.3. The highest BCUT2D eigenvalue weighted by molar-refractivity contribution is 6.74. The molecule has 0 radical (unpaired) electrons. The van der Waals surface area contributed by atoms with E-state index in [0.717, 1.165) is 30.6 Å². The van der Waals surface area contributed by atoms with E-state index in [4.69, 9.17) is 4.43 Å². The first-order valence-electron chi connectivity index (χ1n) is 9.69. The molecule has 0 atom stereocenters. The van der Waals surface area contributed by atoms with Crippen LogP contribution in [0, 0.1) is 0 Å². The van der Waals surface area contributed by atoms with Gasteiger partial charge in [0.1, 0.15) is 11.5 Å². The van der Waals surface area contributed by atoms with Gasteiger partial charge >= 0.3 is 0 Å². The number of hydrogen-bond acceptors (Lipinski definition) is 3. The molecule has 2 aromatic rings. The number of phenolic OH excluding ortho intramolecular Hbond substituents is 2. The summed E-state index contributed by atoms with van der Waals surface area (Å²) in [5, 5.41) is 19.5. The summed E-state index contributed by atoms with van der Waals surface area (Å²) in [6.07, 6.45) is 1.88. The molecule has 0 heterocycles. The molecule has 148 valence electrons. The van der Waals surface area contributed by atoms with E-state index in [0.29, 0.717) is 0 Å². The predicted octanol–water partition coefficient (Wildman–Crippen LogP) is 6.21. The van der Waals surface area contributed by atoms with Crippen molar-refractivity contribution in [1.29, 1.82) is 0 Å². The van der Waals surface area contributed by atoms with E-state index >= 15 is 0 Å². The molecular formula is C23H34O3Si. The summed E-state index contributed by atoms with van der Waals surface area (Å²) in [5.41, 5.74) is 2.09. The summed E-state index contributed by atoms with van der Waals surface area (Å²) in [7, 11) is -1.74.